The number of aryl methyl sites for hydroxylation is 1. The van der Waals surface area contributed by atoms with Crippen molar-refractivity contribution in [2.45, 2.75) is 57.0 Å². The van der Waals surface area contributed by atoms with Gasteiger partial charge in [-0.3, -0.25) is 4.79 Å². The molecule has 2 aliphatic heterocycles. The summed E-state index contributed by atoms with van der Waals surface area (Å²) in [5.41, 5.74) is 5.17. The fourth-order valence-electron chi connectivity index (χ4n) is 5.48. The molecule has 3 atom stereocenters. The molecule has 4 nitrogen and oxygen atoms in total. The zero-order chi connectivity index (χ0) is 20.6. The maximum absolute atomic E-state index is 13.8. The van der Waals surface area contributed by atoms with Crippen molar-refractivity contribution in [3.8, 4) is 11.5 Å². The summed E-state index contributed by atoms with van der Waals surface area (Å²) in [7, 11) is 0. The molecule has 3 N–H and O–H groups in total. The Bertz CT molecular complexity index is 1050. The van der Waals surface area contributed by atoms with Crippen LogP contribution in [-0.2, 0) is 10.2 Å². The number of fused-ring (bicyclic) bond motifs is 2. The predicted molar refractivity (Wildman–Crippen MR) is 113 cm³/mol. The number of carbonyl (C=O) groups is 1. The first kappa shape index (κ1) is 18.4. The van der Waals surface area contributed by atoms with Gasteiger partial charge in [-0.05, 0) is 74.4 Å². The van der Waals surface area contributed by atoms with E-state index in [1.165, 1.54) is 28.3 Å². The van der Waals surface area contributed by atoms with Gasteiger partial charge in [-0.2, -0.15) is 0 Å². The number of Topliss-reactive ketones (excluding diaryl/α,β-unsaturated/α-hetero) is 1. The lowest BCUT2D eigenvalue weighted by molar-refractivity contribution is -0.125. The number of nitrogens with one attached hydrogen (secondary N) is 1. The van der Waals surface area contributed by atoms with Gasteiger partial charge in [0.1, 0.15) is 5.78 Å². The van der Waals surface area contributed by atoms with E-state index >= 15 is 0 Å². The molecule has 2 bridgehead atoms. The molecular formula is C25H27NO3. The molecule has 1 aliphatic carbocycles. The second-order valence-electron chi connectivity index (χ2n) is 9.32. The Labute approximate surface area is 171 Å². The molecule has 2 aromatic rings. The molecule has 2 heterocycles. The molecule has 2 aromatic carbocycles. The van der Waals surface area contributed by atoms with Crippen molar-refractivity contribution < 1.29 is 15.0 Å². The van der Waals surface area contributed by atoms with Crippen LogP contribution in [0.25, 0.3) is 5.57 Å². The number of carbonyl (C=O) groups excluding carboxylic acids is 1. The van der Waals surface area contributed by atoms with Crippen molar-refractivity contribution in [2.75, 3.05) is 0 Å². The van der Waals surface area contributed by atoms with E-state index in [0.29, 0.717) is 0 Å². The number of phenolic OH excluding ortho intramolecular Hbond substituents is 2. The Morgan fingerprint density at radius 3 is 2.31 bits per heavy atom. The third-order valence-corrected chi connectivity index (χ3v) is 7.50. The minimum atomic E-state index is -0.523. The Balaban J connectivity index is 1.51. The number of phenols is 2. The van der Waals surface area contributed by atoms with Crippen LogP contribution < -0.4 is 5.32 Å². The Morgan fingerprint density at radius 1 is 1.03 bits per heavy atom. The number of ketones is 1. The minimum absolute atomic E-state index is 0.0263. The highest BCUT2D eigenvalue weighted by Gasteiger charge is 2.60. The summed E-state index contributed by atoms with van der Waals surface area (Å²) in [5, 5.41) is 23.3. The number of hydrogen-bond acceptors (Lipinski definition) is 4. The van der Waals surface area contributed by atoms with Gasteiger partial charge in [0.2, 0.25) is 0 Å². The normalized spacial score (nSPS) is 29.3. The molecule has 0 amide bonds. The monoisotopic (exact) mass is 389 g/mol. The van der Waals surface area contributed by atoms with Crippen LogP contribution in [0.1, 0.15) is 49.8 Å². The molecule has 5 rings (SSSR count). The Morgan fingerprint density at radius 2 is 1.72 bits per heavy atom. The summed E-state index contributed by atoms with van der Waals surface area (Å²) in [6, 6.07) is 13.4. The lowest BCUT2D eigenvalue weighted by Gasteiger charge is -2.30. The van der Waals surface area contributed by atoms with Crippen molar-refractivity contribution in [1.82, 2.24) is 5.32 Å². The summed E-state index contributed by atoms with van der Waals surface area (Å²) in [6.45, 7) is 6.48. The quantitative estimate of drug-likeness (QED) is 0.685. The molecule has 0 spiro atoms. The second kappa shape index (κ2) is 5.96. The van der Waals surface area contributed by atoms with Crippen molar-refractivity contribution in [1.29, 1.82) is 0 Å². The van der Waals surface area contributed by atoms with E-state index in [1.54, 1.807) is 12.1 Å². The van der Waals surface area contributed by atoms with E-state index in [9.17, 15) is 15.0 Å². The lowest BCUT2D eigenvalue weighted by atomic mass is 9.71. The van der Waals surface area contributed by atoms with Crippen LogP contribution in [0.4, 0.5) is 0 Å². The number of benzene rings is 2. The van der Waals surface area contributed by atoms with Gasteiger partial charge in [-0.1, -0.05) is 35.9 Å². The van der Waals surface area contributed by atoms with Crippen LogP contribution in [0.15, 0.2) is 48.0 Å². The van der Waals surface area contributed by atoms with Gasteiger partial charge >= 0.3 is 0 Å². The van der Waals surface area contributed by atoms with E-state index in [0.717, 1.165) is 24.8 Å². The largest absolute Gasteiger partial charge is 0.504 e. The fraction of sp³-hybridized carbons (Fsp3) is 0.400. The summed E-state index contributed by atoms with van der Waals surface area (Å²) in [4.78, 5) is 13.8. The molecule has 4 heteroatoms. The van der Waals surface area contributed by atoms with E-state index in [2.05, 4.69) is 50.4 Å². The van der Waals surface area contributed by atoms with E-state index < -0.39 is 5.41 Å². The van der Waals surface area contributed by atoms with Crippen LogP contribution in [0.2, 0.25) is 0 Å². The molecule has 1 saturated heterocycles. The Kier molecular flexibility index (Phi) is 3.79. The van der Waals surface area contributed by atoms with Crippen LogP contribution in [0.5, 0.6) is 11.5 Å². The van der Waals surface area contributed by atoms with E-state index in [-0.39, 0.29) is 34.8 Å². The van der Waals surface area contributed by atoms with Crippen LogP contribution in [0, 0.1) is 12.8 Å². The van der Waals surface area contributed by atoms with Crippen LogP contribution in [-0.4, -0.2) is 27.6 Å². The first-order chi connectivity index (χ1) is 13.7. The number of rotatable bonds is 4. The highest BCUT2D eigenvalue weighted by atomic mass is 16.3. The third kappa shape index (κ3) is 2.58. The average Bonchev–Trinajstić information content (AvgIpc) is 3.37. The molecule has 0 aromatic heterocycles. The zero-order valence-corrected chi connectivity index (χ0v) is 17.1. The smallest absolute Gasteiger partial charge is 0.157 e. The summed E-state index contributed by atoms with van der Waals surface area (Å²) in [5.74, 6) is -0.124. The third-order valence-electron chi connectivity index (χ3n) is 7.50. The summed E-state index contributed by atoms with van der Waals surface area (Å²) in [6.07, 6.45) is 2.42. The van der Waals surface area contributed by atoms with Gasteiger partial charge < -0.3 is 15.5 Å². The molecule has 29 heavy (non-hydrogen) atoms. The number of aromatic hydroxyl groups is 2. The van der Waals surface area contributed by atoms with Crippen molar-refractivity contribution in [3.05, 3.63) is 64.7 Å². The molecule has 1 saturated carbocycles. The summed E-state index contributed by atoms with van der Waals surface area (Å²) < 4.78 is 0. The molecule has 3 aliphatic rings. The molecule has 3 unspecified atom stereocenters. The fourth-order valence-corrected chi connectivity index (χ4v) is 5.48. The molecular weight excluding hydrogens is 362 g/mol. The predicted octanol–water partition coefficient (Wildman–Crippen LogP) is 4.23. The van der Waals surface area contributed by atoms with Crippen LogP contribution in [0.3, 0.4) is 0 Å². The summed E-state index contributed by atoms with van der Waals surface area (Å²) >= 11 is 0. The van der Waals surface area contributed by atoms with E-state index in [1.807, 2.05) is 0 Å². The maximum atomic E-state index is 13.8. The molecule has 0 radical (unpaired) electrons. The van der Waals surface area contributed by atoms with Gasteiger partial charge in [0.05, 0.1) is 5.41 Å². The minimum Gasteiger partial charge on any atom is -0.504 e. The van der Waals surface area contributed by atoms with Gasteiger partial charge in [-0.25, -0.2) is 0 Å². The zero-order valence-electron chi connectivity index (χ0n) is 17.1. The average molecular weight is 389 g/mol. The van der Waals surface area contributed by atoms with Crippen molar-refractivity contribution in [3.63, 3.8) is 0 Å². The van der Waals surface area contributed by atoms with E-state index in [4.69, 9.17) is 0 Å². The highest BCUT2D eigenvalue weighted by molar-refractivity contribution is 5.99. The van der Waals surface area contributed by atoms with Gasteiger partial charge in [0, 0.05) is 17.5 Å². The maximum Gasteiger partial charge on any atom is 0.157 e. The van der Waals surface area contributed by atoms with Crippen molar-refractivity contribution >= 4 is 11.4 Å². The molecule has 150 valence electrons. The van der Waals surface area contributed by atoms with Crippen molar-refractivity contribution in [2.24, 2.45) is 5.92 Å². The highest BCUT2D eigenvalue weighted by Crippen LogP contribution is 2.57. The van der Waals surface area contributed by atoms with Crippen LogP contribution >= 0.6 is 0 Å². The SMILES string of the molecule is CC1=C(c2ccc(C)cc2)C2NC1(C)CC2C(=O)C1(c2ccc(O)c(O)c2)CC1. The standard InChI is InChI=1S/C25H27NO3/c1-14-4-6-16(7-5-14)21-15(2)24(3)13-18(22(21)26-24)23(29)25(10-11-25)17-8-9-19(27)20(28)12-17/h4-9,12,18,22,26-28H,10-11,13H2,1-3H3. The second-order valence-corrected chi connectivity index (χ2v) is 9.32. The first-order valence-corrected chi connectivity index (χ1v) is 10.4. The van der Waals surface area contributed by atoms with Gasteiger partial charge in [0.25, 0.3) is 0 Å². The Hall–Kier alpha value is -2.59. The van der Waals surface area contributed by atoms with Gasteiger partial charge in [-0.15, -0.1) is 0 Å². The lowest BCUT2D eigenvalue weighted by Crippen LogP contribution is -2.37. The molecule has 2 fully saturated rings. The first-order valence-electron chi connectivity index (χ1n) is 10.4. The number of hydrogen-bond donors (Lipinski definition) is 3. The topological polar surface area (TPSA) is 69.6 Å². The van der Waals surface area contributed by atoms with Gasteiger partial charge in [0.15, 0.2) is 11.5 Å².